The lowest BCUT2D eigenvalue weighted by Crippen LogP contribution is -2.48. The molecule has 7 heteroatoms. The number of hydrogen-bond acceptors (Lipinski definition) is 6. The maximum absolute atomic E-state index is 11.1. The predicted molar refractivity (Wildman–Crippen MR) is 110 cm³/mol. The van der Waals surface area contributed by atoms with Crippen LogP contribution in [0.4, 0.5) is 0 Å². The van der Waals surface area contributed by atoms with Gasteiger partial charge in [-0.05, 0) is 30.3 Å². The molecular weight excluding hydrogens is 376 g/mol. The molecule has 0 saturated carbocycles. The maximum Gasteiger partial charge on any atom is 0.147 e. The molecule has 1 saturated heterocycles. The average molecular weight is 399 g/mol. The molecule has 1 aliphatic heterocycles. The second-order valence-electron chi connectivity index (χ2n) is 6.95. The molecule has 0 bridgehead atoms. The Labute approximate surface area is 169 Å². The molecular formula is C21H23ClN4O2. The van der Waals surface area contributed by atoms with Gasteiger partial charge < -0.3 is 10.2 Å². The van der Waals surface area contributed by atoms with Crippen molar-refractivity contribution in [2.75, 3.05) is 39.3 Å². The molecule has 1 aromatic carbocycles. The van der Waals surface area contributed by atoms with Crippen molar-refractivity contribution >= 4 is 22.5 Å². The molecule has 1 fully saturated rings. The van der Waals surface area contributed by atoms with E-state index in [9.17, 15) is 10.2 Å². The molecule has 1 atom stereocenters. The number of aromatic hydroxyl groups is 1. The molecule has 28 heavy (non-hydrogen) atoms. The fourth-order valence-electron chi connectivity index (χ4n) is 3.88. The van der Waals surface area contributed by atoms with Crippen LogP contribution in [0.3, 0.4) is 0 Å². The predicted octanol–water partition coefficient (Wildman–Crippen LogP) is 2.69. The van der Waals surface area contributed by atoms with Gasteiger partial charge in [0.2, 0.25) is 0 Å². The summed E-state index contributed by atoms with van der Waals surface area (Å²) in [6, 6.07) is 11.1. The Hall–Kier alpha value is -2.25. The third-order valence-corrected chi connectivity index (χ3v) is 5.61. The van der Waals surface area contributed by atoms with Gasteiger partial charge in [-0.15, -0.1) is 0 Å². The molecule has 1 unspecified atom stereocenters. The maximum atomic E-state index is 11.1. The van der Waals surface area contributed by atoms with Gasteiger partial charge in [0, 0.05) is 56.1 Å². The number of pyridine rings is 2. The van der Waals surface area contributed by atoms with E-state index >= 15 is 0 Å². The summed E-state index contributed by atoms with van der Waals surface area (Å²) in [5.41, 5.74) is 2.08. The number of halogens is 1. The SMILES string of the molecule is OCCN1CCN(C(c2ccccn2)c2cc(Cl)c3cccnc3c2O)CC1. The van der Waals surface area contributed by atoms with E-state index in [2.05, 4.69) is 19.8 Å². The van der Waals surface area contributed by atoms with Crippen LogP contribution in [-0.4, -0.2) is 69.3 Å². The van der Waals surface area contributed by atoms with Crippen molar-refractivity contribution < 1.29 is 10.2 Å². The van der Waals surface area contributed by atoms with Crippen LogP contribution in [0.2, 0.25) is 5.02 Å². The van der Waals surface area contributed by atoms with E-state index in [1.165, 1.54) is 0 Å². The van der Waals surface area contributed by atoms with Crippen molar-refractivity contribution in [3.63, 3.8) is 0 Å². The van der Waals surface area contributed by atoms with Crippen molar-refractivity contribution in [3.8, 4) is 5.75 Å². The number of β-amino-alcohol motifs (C(OH)–C–C–N with tert-alkyl or cyclic N) is 1. The Morgan fingerprint density at radius 1 is 1.04 bits per heavy atom. The first-order valence-corrected chi connectivity index (χ1v) is 9.81. The number of phenols is 1. The van der Waals surface area contributed by atoms with Crippen LogP contribution in [0.5, 0.6) is 5.75 Å². The van der Waals surface area contributed by atoms with E-state index in [4.69, 9.17) is 11.6 Å². The highest BCUT2D eigenvalue weighted by atomic mass is 35.5. The van der Waals surface area contributed by atoms with E-state index in [0.717, 1.165) is 37.3 Å². The zero-order valence-corrected chi connectivity index (χ0v) is 16.3. The number of aliphatic hydroxyl groups excluding tert-OH is 1. The number of nitrogens with zero attached hydrogens (tertiary/aromatic N) is 4. The van der Waals surface area contributed by atoms with Gasteiger partial charge in [0.05, 0.1) is 23.4 Å². The van der Waals surface area contributed by atoms with E-state index in [0.29, 0.717) is 22.6 Å². The quantitative estimate of drug-likeness (QED) is 0.688. The van der Waals surface area contributed by atoms with Gasteiger partial charge in [-0.3, -0.25) is 19.8 Å². The molecule has 4 rings (SSSR count). The fraction of sp³-hybridized carbons (Fsp3) is 0.333. The van der Waals surface area contributed by atoms with Crippen molar-refractivity contribution in [2.24, 2.45) is 0 Å². The number of benzene rings is 1. The molecule has 1 aliphatic rings. The Kier molecular flexibility index (Phi) is 5.73. The molecule has 0 amide bonds. The Bertz CT molecular complexity index is 946. The van der Waals surface area contributed by atoms with Crippen molar-refractivity contribution in [2.45, 2.75) is 6.04 Å². The topological polar surface area (TPSA) is 72.7 Å². The first kappa shape index (κ1) is 19.1. The zero-order valence-electron chi connectivity index (χ0n) is 15.5. The monoisotopic (exact) mass is 398 g/mol. The lowest BCUT2D eigenvalue weighted by molar-refractivity contribution is 0.0927. The largest absolute Gasteiger partial charge is 0.505 e. The van der Waals surface area contributed by atoms with Gasteiger partial charge in [-0.1, -0.05) is 17.7 Å². The summed E-state index contributed by atoms with van der Waals surface area (Å²) in [6.45, 7) is 4.15. The highest BCUT2D eigenvalue weighted by molar-refractivity contribution is 6.35. The average Bonchev–Trinajstić information content (AvgIpc) is 2.74. The second kappa shape index (κ2) is 8.41. The number of aliphatic hydroxyl groups is 1. The minimum absolute atomic E-state index is 0.147. The molecule has 2 aromatic heterocycles. The summed E-state index contributed by atoms with van der Waals surface area (Å²) in [4.78, 5) is 13.5. The molecule has 0 aliphatic carbocycles. The third kappa shape index (κ3) is 3.69. The summed E-state index contributed by atoms with van der Waals surface area (Å²) >= 11 is 6.54. The van der Waals surface area contributed by atoms with Crippen LogP contribution in [-0.2, 0) is 0 Å². The molecule has 146 valence electrons. The summed E-state index contributed by atoms with van der Waals surface area (Å²) in [5, 5.41) is 21.6. The van der Waals surface area contributed by atoms with Crippen molar-refractivity contribution in [3.05, 3.63) is 65.1 Å². The van der Waals surface area contributed by atoms with E-state index in [1.807, 2.05) is 36.4 Å². The first-order chi connectivity index (χ1) is 13.7. The van der Waals surface area contributed by atoms with Crippen LogP contribution in [0, 0.1) is 0 Å². The first-order valence-electron chi connectivity index (χ1n) is 9.43. The van der Waals surface area contributed by atoms with Crippen LogP contribution in [0.1, 0.15) is 17.3 Å². The molecule has 3 heterocycles. The lowest BCUT2D eigenvalue weighted by Gasteiger charge is -2.39. The Balaban J connectivity index is 1.77. The lowest BCUT2D eigenvalue weighted by atomic mass is 9.97. The summed E-state index contributed by atoms with van der Waals surface area (Å²) in [6.07, 6.45) is 3.42. The normalized spacial score (nSPS) is 17.1. The van der Waals surface area contributed by atoms with Crippen LogP contribution in [0.25, 0.3) is 10.9 Å². The minimum Gasteiger partial charge on any atom is -0.505 e. The number of aromatic nitrogens is 2. The molecule has 6 nitrogen and oxygen atoms in total. The molecule has 0 spiro atoms. The standard InChI is InChI=1S/C21H23ClN4O2/c22-17-14-16(21(28)19-15(17)4-3-7-24-19)20(18-5-1-2-6-23-18)26-10-8-25(9-11-26)12-13-27/h1-7,14,20,27-28H,8-13H2. The summed E-state index contributed by atoms with van der Waals surface area (Å²) in [5.74, 6) is 0.147. The summed E-state index contributed by atoms with van der Waals surface area (Å²) < 4.78 is 0. The highest BCUT2D eigenvalue weighted by Gasteiger charge is 2.30. The summed E-state index contributed by atoms with van der Waals surface area (Å²) in [7, 11) is 0. The minimum atomic E-state index is -0.221. The van der Waals surface area contributed by atoms with Gasteiger partial charge in [-0.25, -0.2) is 0 Å². The van der Waals surface area contributed by atoms with E-state index in [-0.39, 0.29) is 18.4 Å². The molecule has 3 aromatic rings. The van der Waals surface area contributed by atoms with Crippen LogP contribution in [0.15, 0.2) is 48.8 Å². The van der Waals surface area contributed by atoms with Gasteiger partial charge in [0.25, 0.3) is 0 Å². The van der Waals surface area contributed by atoms with Gasteiger partial charge in [0.15, 0.2) is 0 Å². The number of hydrogen-bond donors (Lipinski definition) is 2. The third-order valence-electron chi connectivity index (χ3n) is 5.30. The van der Waals surface area contributed by atoms with E-state index < -0.39 is 0 Å². The van der Waals surface area contributed by atoms with Crippen molar-refractivity contribution in [1.29, 1.82) is 0 Å². The van der Waals surface area contributed by atoms with Gasteiger partial charge in [0.1, 0.15) is 11.3 Å². The number of phenolic OH excluding ortho intramolecular Hbond substituents is 1. The Morgan fingerprint density at radius 3 is 2.54 bits per heavy atom. The number of piperazine rings is 1. The highest BCUT2D eigenvalue weighted by Crippen LogP contribution is 2.40. The second-order valence-corrected chi connectivity index (χ2v) is 7.36. The van der Waals surface area contributed by atoms with Crippen LogP contribution < -0.4 is 0 Å². The zero-order chi connectivity index (χ0) is 19.5. The van der Waals surface area contributed by atoms with Crippen LogP contribution >= 0.6 is 11.6 Å². The number of rotatable bonds is 5. The molecule has 2 N–H and O–H groups in total. The molecule has 0 radical (unpaired) electrons. The Morgan fingerprint density at radius 2 is 1.82 bits per heavy atom. The van der Waals surface area contributed by atoms with E-state index in [1.54, 1.807) is 12.4 Å². The van der Waals surface area contributed by atoms with Gasteiger partial charge >= 0.3 is 0 Å². The fourth-order valence-corrected chi connectivity index (χ4v) is 4.15. The number of fused-ring (bicyclic) bond motifs is 1. The van der Waals surface area contributed by atoms with Crippen molar-refractivity contribution in [1.82, 2.24) is 19.8 Å². The van der Waals surface area contributed by atoms with Gasteiger partial charge in [-0.2, -0.15) is 0 Å². The smallest absolute Gasteiger partial charge is 0.147 e.